The van der Waals surface area contributed by atoms with E-state index in [0.717, 1.165) is 12.3 Å². The molecule has 0 aliphatic carbocycles. The third-order valence-electron chi connectivity index (χ3n) is 2.62. The van der Waals surface area contributed by atoms with E-state index in [-0.39, 0.29) is 11.5 Å². The maximum Gasteiger partial charge on any atom is 0.267 e. The summed E-state index contributed by atoms with van der Waals surface area (Å²) in [5, 5.41) is 0. The van der Waals surface area contributed by atoms with Crippen molar-refractivity contribution >= 4 is 16.9 Å². The number of fused-ring (bicyclic) bond motifs is 1. The maximum atomic E-state index is 13.7. The second kappa shape index (κ2) is 4.61. The maximum absolute atomic E-state index is 13.7. The number of ether oxygens (including phenoxy) is 1. The van der Waals surface area contributed by atoms with Crippen molar-refractivity contribution in [3.05, 3.63) is 52.8 Å². The van der Waals surface area contributed by atoms with Crippen LogP contribution in [0, 0.1) is 5.82 Å². The molecule has 7 heteroatoms. The summed E-state index contributed by atoms with van der Waals surface area (Å²) in [5.74, 6) is -0.346. The smallest absolute Gasteiger partial charge is 0.267 e. The molecule has 100 valence electrons. The monoisotopic (exact) mass is 272 g/mol. The Bertz CT molecular complexity index is 847. The van der Waals surface area contributed by atoms with Crippen molar-refractivity contribution in [1.82, 2.24) is 15.0 Å². The fourth-order valence-corrected chi connectivity index (χ4v) is 1.73. The van der Waals surface area contributed by atoms with E-state index in [4.69, 9.17) is 10.5 Å². The van der Waals surface area contributed by atoms with Gasteiger partial charge in [-0.05, 0) is 12.1 Å². The second-order valence-corrected chi connectivity index (χ2v) is 4.05. The van der Waals surface area contributed by atoms with Gasteiger partial charge >= 0.3 is 0 Å². The molecule has 0 fully saturated rings. The Labute approximate surface area is 112 Å². The number of nitrogens with two attached hydrogens (primary N) is 1. The van der Waals surface area contributed by atoms with Crippen molar-refractivity contribution in [3.63, 3.8) is 0 Å². The molecule has 0 unspecified atom stereocenters. The van der Waals surface area contributed by atoms with Gasteiger partial charge in [0.2, 0.25) is 0 Å². The lowest BCUT2D eigenvalue weighted by atomic mass is 10.3. The van der Waals surface area contributed by atoms with E-state index >= 15 is 0 Å². The molecule has 0 aliphatic rings. The zero-order valence-corrected chi connectivity index (χ0v) is 10.1. The molecule has 1 aromatic carbocycles. The van der Waals surface area contributed by atoms with E-state index in [0.29, 0.717) is 16.9 Å². The normalized spacial score (nSPS) is 10.7. The van der Waals surface area contributed by atoms with Gasteiger partial charge in [0, 0.05) is 24.0 Å². The van der Waals surface area contributed by atoms with Crippen LogP contribution in [0.15, 0.2) is 41.5 Å². The van der Waals surface area contributed by atoms with E-state index in [1.165, 1.54) is 24.4 Å². The number of H-pyrrole nitrogens is 1. The molecule has 0 aliphatic heterocycles. The summed E-state index contributed by atoms with van der Waals surface area (Å²) in [6, 6.07) is 5.59. The van der Waals surface area contributed by atoms with Crippen LogP contribution in [0.5, 0.6) is 11.5 Å². The quantitative estimate of drug-likeness (QED) is 0.694. The lowest BCUT2D eigenvalue weighted by Gasteiger charge is -2.08. The predicted octanol–water partition coefficient (Wildman–Crippen LogP) is 1.83. The number of aromatic nitrogens is 3. The van der Waals surface area contributed by atoms with Gasteiger partial charge in [0.25, 0.3) is 5.56 Å². The molecular weight excluding hydrogens is 263 g/mol. The molecule has 2 heterocycles. The summed E-state index contributed by atoms with van der Waals surface area (Å²) < 4.78 is 19.2. The third kappa shape index (κ3) is 2.16. The summed E-state index contributed by atoms with van der Waals surface area (Å²) in [6.07, 6.45) is 2.57. The van der Waals surface area contributed by atoms with Crippen molar-refractivity contribution < 1.29 is 9.13 Å². The number of nitrogens with one attached hydrogen (secondary N) is 1. The highest BCUT2D eigenvalue weighted by atomic mass is 19.1. The first-order valence-electron chi connectivity index (χ1n) is 5.70. The van der Waals surface area contributed by atoms with E-state index in [9.17, 15) is 9.18 Å². The fraction of sp³-hybridized carbons (Fsp3) is 0. The van der Waals surface area contributed by atoms with Crippen LogP contribution in [0.4, 0.5) is 10.1 Å². The molecule has 6 nitrogen and oxygen atoms in total. The number of pyridine rings is 1. The Morgan fingerprint density at radius 3 is 2.85 bits per heavy atom. The van der Waals surface area contributed by atoms with Crippen LogP contribution < -0.4 is 16.0 Å². The number of nitrogen functional groups attached to an aromatic ring is 1. The van der Waals surface area contributed by atoms with E-state index in [2.05, 4.69) is 15.0 Å². The standard InChI is InChI=1S/C13H9FN4O2/c14-8-5-7(15)1-2-9(8)20-10-3-4-16-13-12(10)18-11(19)6-17-13/h1-6H,15H2,(H,18,19). The van der Waals surface area contributed by atoms with Gasteiger partial charge in [0.05, 0.1) is 6.20 Å². The van der Waals surface area contributed by atoms with Crippen molar-refractivity contribution in [2.45, 2.75) is 0 Å². The predicted molar refractivity (Wildman–Crippen MR) is 71.0 cm³/mol. The van der Waals surface area contributed by atoms with Gasteiger partial charge < -0.3 is 15.5 Å². The average molecular weight is 272 g/mol. The molecule has 0 radical (unpaired) electrons. The van der Waals surface area contributed by atoms with Crippen LogP contribution in [-0.2, 0) is 0 Å². The highest BCUT2D eigenvalue weighted by Crippen LogP contribution is 2.28. The van der Waals surface area contributed by atoms with Crippen LogP contribution in [0.25, 0.3) is 11.2 Å². The van der Waals surface area contributed by atoms with Crippen LogP contribution in [0.1, 0.15) is 0 Å². The molecule has 2 aromatic heterocycles. The van der Waals surface area contributed by atoms with E-state index in [1.54, 1.807) is 0 Å². The number of benzene rings is 1. The van der Waals surface area contributed by atoms with Crippen LogP contribution >= 0.6 is 0 Å². The Morgan fingerprint density at radius 1 is 1.20 bits per heavy atom. The van der Waals surface area contributed by atoms with Gasteiger partial charge in [0.15, 0.2) is 23.0 Å². The Balaban J connectivity index is 2.10. The molecule has 0 amide bonds. The van der Waals surface area contributed by atoms with Crippen molar-refractivity contribution in [3.8, 4) is 11.5 Å². The minimum Gasteiger partial charge on any atom is -0.452 e. The molecule has 3 rings (SSSR count). The molecule has 0 spiro atoms. The Hall–Kier alpha value is -2.96. The van der Waals surface area contributed by atoms with Crippen LogP contribution in [0.2, 0.25) is 0 Å². The lowest BCUT2D eigenvalue weighted by molar-refractivity contribution is 0.445. The van der Waals surface area contributed by atoms with Crippen LogP contribution in [0.3, 0.4) is 0 Å². The number of halogens is 1. The number of hydrogen-bond donors (Lipinski definition) is 2. The zero-order valence-electron chi connectivity index (χ0n) is 10.1. The van der Waals surface area contributed by atoms with Gasteiger partial charge in [-0.25, -0.2) is 14.4 Å². The summed E-state index contributed by atoms with van der Waals surface area (Å²) in [7, 11) is 0. The summed E-state index contributed by atoms with van der Waals surface area (Å²) >= 11 is 0. The van der Waals surface area contributed by atoms with Crippen molar-refractivity contribution in [1.29, 1.82) is 0 Å². The fourth-order valence-electron chi connectivity index (χ4n) is 1.73. The van der Waals surface area contributed by atoms with Crippen molar-refractivity contribution in [2.24, 2.45) is 0 Å². The number of anilines is 1. The Morgan fingerprint density at radius 2 is 2.05 bits per heavy atom. The first-order valence-corrected chi connectivity index (χ1v) is 5.70. The summed E-state index contributed by atoms with van der Waals surface area (Å²) in [5.41, 5.74) is 5.97. The van der Waals surface area contributed by atoms with E-state index < -0.39 is 11.4 Å². The average Bonchev–Trinajstić information content (AvgIpc) is 2.42. The molecule has 3 N–H and O–H groups in total. The SMILES string of the molecule is Nc1ccc(Oc2ccnc3ncc(=O)[nH]c23)c(F)c1. The second-order valence-electron chi connectivity index (χ2n) is 4.05. The highest BCUT2D eigenvalue weighted by molar-refractivity contribution is 5.76. The molecule has 20 heavy (non-hydrogen) atoms. The first kappa shape index (κ1) is 12.1. The molecule has 3 aromatic rings. The van der Waals surface area contributed by atoms with Gasteiger partial charge in [-0.2, -0.15) is 0 Å². The molecule has 0 saturated heterocycles. The minimum absolute atomic E-state index is 0.00333. The number of hydrogen-bond acceptors (Lipinski definition) is 5. The molecule has 0 atom stereocenters. The molecular formula is C13H9FN4O2. The Kier molecular flexibility index (Phi) is 2.79. The first-order chi connectivity index (χ1) is 9.63. The highest BCUT2D eigenvalue weighted by Gasteiger charge is 2.09. The summed E-state index contributed by atoms with van der Waals surface area (Å²) in [6.45, 7) is 0. The topological polar surface area (TPSA) is 93.9 Å². The molecule has 0 saturated carbocycles. The molecule has 0 bridgehead atoms. The minimum atomic E-state index is -0.596. The zero-order chi connectivity index (χ0) is 14.1. The van der Waals surface area contributed by atoms with Crippen LogP contribution in [-0.4, -0.2) is 15.0 Å². The van der Waals surface area contributed by atoms with Crippen molar-refractivity contribution in [2.75, 3.05) is 5.73 Å². The van der Waals surface area contributed by atoms with Gasteiger partial charge in [-0.15, -0.1) is 0 Å². The number of rotatable bonds is 2. The van der Waals surface area contributed by atoms with Gasteiger partial charge in [-0.1, -0.05) is 0 Å². The number of nitrogens with zero attached hydrogens (tertiary/aromatic N) is 2. The largest absolute Gasteiger partial charge is 0.452 e. The third-order valence-corrected chi connectivity index (χ3v) is 2.62. The number of aromatic amines is 1. The summed E-state index contributed by atoms with van der Waals surface area (Å²) in [4.78, 5) is 21.7. The van der Waals surface area contributed by atoms with E-state index in [1.807, 2.05) is 0 Å². The van der Waals surface area contributed by atoms with Gasteiger partial charge in [-0.3, -0.25) is 4.79 Å². The lowest BCUT2D eigenvalue weighted by Crippen LogP contribution is -2.06. The van der Waals surface area contributed by atoms with Gasteiger partial charge in [0.1, 0.15) is 5.52 Å².